The van der Waals surface area contributed by atoms with Crippen molar-refractivity contribution in [1.29, 1.82) is 0 Å². The zero-order valence-corrected chi connectivity index (χ0v) is 18.7. The smallest absolute Gasteiger partial charge is 0.433 e. The Kier molecular flexibility index (Phi) is 7.64. The molecule has 0 aliphatic rings. The Balaban J connectivity index is 1.82. The number of methoxy groups -OCH3 is 3. The van der Waals surface area contributed by atoms with Crippen LogP contribution in [0.25, 0.3) is 11.3 Å². The number of hydrogen-bond donors (Lipinski definition) is 1. The molecule has 0 radical (unpaired) electrons. The first kappa shape index (κ1) is 24.2. The molecular formula is C22H20F3N3O4S. The van der Waals surface area contributed by atoms with Crippen LogP contribution in [-0.4, -0.2) is 43.0 Å². The first-order valence-corrected chi connectivity index (χ1v) is 10.5. The maximum atomic E-state index is 13.4. The number of ether oxygens (including phenoxy) is 3. The van der Waals surface area contributed by atoms with E-state index in [0.717, 1.165) is 17.8 Å². The number of carbonyl (C=O) groups is 1. The van der Waals surface area contributed by atoms with Crippen LogP contribution in [-0.2, 0) is 11.0 Å². The minimum Gasteiger partial charge on any atom is -0.497 e. The van der Waals surface area contributed by atoms with E-state index in [1.807, 2.05) is 0 Å². The normalized spacial score (nSPS) is 11.1. The molecule has 7 nitrogen and oxygen atoms in total. The van der Waals surface area contributed by atoms with Crippen LogP contribution in [0, 0.1) is 0 Å². The lowest BCUT2D eigenvalue weighted by Gasteiger charge is -2.12. The van der Waals surface area contributed by atoms with Gasteiger partial charge in [0.2, 0.25) is 5.91 Å². The molecular weight excluding hydrogens is 459 g/mol. The number of nitrogens with zero attached hydrogens (tertiary/aromatic N) is 2. The quantitative estimate of drug-likeness (QED) is 0.363. The third-order valence-electron chi connectivity index (χ3n) is 4.38. The van der Waals surface area contributed by atoms with Gasteiger partial charge in [0.05, 0.1) is 32.8 Å². The molecule has 0 aliphatic carbocycles. The summed E-state index contributed by atoms with van der Waals surface area (Å²) in [7, 11) is 4.40. The van der Waals surface area contributed by atoms with E-state index in [1.165, 1.54) is 27.4 Å². The van der Waals surface area contributed by atoms with Gasteiger partial charge in [-0.3, -0.25) is 4.79 Å². The minimum absolute atomic E-state index is 0.0383. The topological polar surface area (TPSA) is 82.6 Å². The highest BCUT2D eigenvalue weighted by molar-refractivity contribution is 7.99. The number of amides is 1. The minimum atomic E-state index is -4.69. The van der Waals surface area contributed by atoms with Gasteiger partial charge >= 0.3 is 6.18 Å². The van der Waals surface area contributed by atoms with Crippen molar-refractivity contribution in [3.8, 4) is 28.5 Å². The van der Waals surface area contributed by atoms with Crippen molar-refractivity contribution >= 4 is 23.4 Å². The first-order chi connectivity index (χ1) is 15.7. The summed E-state index contributed by atoms with van der Waals surface area (Å²) in [6, 6.07) is 12.2. The van der Waals surface area contributed by atoms with Crippen molar-refractivity contribution < 1.29 is 32.2 Å². The van der Waals surface area contributed by atoms with E-state index in [1.54, 1.807) is 36.4 Å². The molecule has 3 rings (SSSR count). The average Bonchev–Trinajstić information content (AvgIpc) is 2.82. The van der Waals surface area contributed by atoms with Crippen molar-refractivity contribution in [2.75, 3.05) is 32.4 Å². The molecule has 0 atom stereocenters. The first-order valence-electron chi connectivity index (χ1n) is 9.49. The van der Waals surface area contributed by atoms with Gasteiger partial charge in [0.25, 0.3) is 0 Å². The van der Waals surface area contributed by atoms with E-state index in [0.29, 0.717) is 28.5 Å². The van der Waals surface area contributed by atoms with Crippen molar-refractivity contribution in [1.82, 2.24) is 9.97 Å². The maximum Gasteiger partial charge on any atom is 0.433 e. The molecule has 0 saturated carbocycles. The second-order valence-corrected chi connectivity index (χ2v) is 7.50. The average molecular weight is 479 g/mol. The number of rotatable bonds is 8. The fourth-order valence-electron chi connectivity index (χ4n) is 2.78. The number of nitrogens with one attached hydrogen (secondary N) is 1. The standard InChI is InChI=1S/C22H20F3N3O4S/c1-30-15-7-5-14(6-8-15)26-20(29)12-33-21-27-16(11-19(28-21)22(23,24)25)13-4-9-17(31-2)18(10-13)32-3/h4-11H,12H2,1-3H3,(H,26,29). The molecule has 1 heterocycles. The summed E-state index contributed by atoms with van der Waals surface area (Å²) >= 11 is 0.797. The second-order valence-electron chi connectivity index (χ2n) is 6.55. The maximum absolute atomic E-state index is 13.4. The molecule has 0 unspecified atom stereocenters. The summed E-state index contributed by atoms with van der Waals surface area (Å²) in [4.78, 5) is 20.1. The predicted molar refractivity (Wildman–Crippen MR) is 118 cm³/mol. The zero-order chi connectivity index (χ0) is 24.0. The highest BCUT2D eigenvalue weighted by Crippen LogP contribution is 2.35. The van der Waals surface area contributed by atoms with Gasteiger partial charge in [-0.15, -0.1) is 0 Å². The van der Waals surface area contributed by atoms with Crippen molar-refractivity contribution in [2.24, 2.45) is 0 Å². The fourth-order valence-corrected chi connectivity index (χ4v) is 3.44. The SMILES string of the molecule is COc1ccc(NC(=O)CSc2nc(-c3ccc(OC)c(OC)c3)cc(C(F)(F)F)n2)cc1. The molecule has 0 fully saturated rings. The van der Waals surface area contributed by atoms with E-state index in [2.05, 4.69) is 15.3 Å². The molecule has 11 heteroatoms. The van der Waals surface area contributed by atoms with Crippen LogP contribution in [0.4, 0.5) is 18.9 Å². The third-order valence-corrected chi connectivity index (χ3v) is 5.23. The van der Waals surface area contributed by atoms with E-state index >= 15 is 0 Å². The largest absolute Gasteiger partial charge is 0.497 e. The second kappa shape index (κ2) is 10.4. The Morgan fingerprint density at radius 1 is 0.939 bits per heavy atom. The number of halogens is 3. The lowest BCUT2D eigenvalue weighted by molar-refractivity contribution is -0.141. The van der Waals surface area contributed by atoms with Crippen LogP contribution in [0.5, 0.6) is 17.2 Å². The molecule has 3 aromatic rings. The summed E-state index contributed by atoms with van der Waals surface area (Å²) < 4.78 is 55.8. The van der Waals surface area contributed by atoms with Gasteiger partial charge in [-0.05, 0) is 48.5 Å². The summed E-state index contributed by atoms with van der Waals surface area (Å²) in [6.45, 7) is 0. The Morgan fingerprint density at radius 2 is 1.64 bits per heavy atom. The van der Waals surface area contributed by atoms with Crippen LogP contribution in [0.2, 0.25) is 0 Å². The van der Waals surface area contributed by atoms with Gasteiger partial charge in [-0.2, -0.15) is 13.2 Å². The van der Waals surface area contributed by atoms with Gasteiger partial charge < -0.3 is 19.5 Å². The van der Waals surface area contributed by atoms with E-state index in [4.69, 9.17) is 14.2 Å². The number of alkyl halides is 3. The van der Waals surface area contributed by atoms with Gasteiger partial charge in [-0.1, -0.05) is 11.8 Å². The van der Waals surface area contributed by atoms with Gasteiger partial charge in [-0.25, -0.2) is 9.97 Å². The molecule has 174 valence electrons. The van der Waals surface area contributed by atoms with Crippen LogP contribution in [0.15, 0.2) is 53.7 Å². The molecule has 0 aliphatic heterocycles. The van der Waals surface area contributed by atoms with Crippen LogP contribution in [0.1, 0.15) is 5.69 Å². The summed E-state index contributed by atoms with van der Waals surface area (Å²) in [5.74, 6) is 0.797. The lowest BCUT2D eigenvalue weighted by Crippen LogP contribution is -2.15. The Hall–Kier alpha value is -3.47. The van der Waals surface area contributed by atoms with Crippen LogP contribution in [0.3, 0.4) is 0 Å². The predicted octanol–water partition coefficient (Wildman–Crippen LogP) is 4.92. The molecule has 0 bridgehead atoms. The Bertz CT molecular complexity index is 1120. The summed E-state index contributed by atoms with van der Waals surface area (Å²) in [5, 5.41) is 2.48. The highest BCUT2D eigenvalue weighted by Gasteiger charge is 2.34. The number of thioether (sulfide) groups is 1. The van der Waals surface area contributed by atoms with Crippen LogP contribution >= 0.6 is 11.8 Å². The van der Waals surface area contributed by atoms with Crippen molar-refractivity contribution in [3.63, 3.8) is 0 Å². The number of hydrogen-bond acceptors (Lipinski definition) is 7. The van der Waals surface area contributed by atoms with Crippen molar-refractivity contribution in [3.05, 3.63) is 54.2 Å². The monoisotopic (exact) mass is 479 g/mol. The lowest BCUT2D eigenvalue weighted by atomic mass is 10.1. The van der Waals surface area contributed by atoms with E-state index in [9.17, 15) is 18.0 Å². The highest BCUT2D eigenvalue weighted by atomic mass is 32.2. The van der Waals surface area contributed by atoms with E-state index in [-0.39, 0.29) is 16.6 Å². The number of benzene rings is 2. The molecule has 1 aromatic heterocycles. The Labute approximate surface area is 192 Å². The molecule has 2 aromatic carbocycles. The fraction of sp³-hybridized carbons (Fsp3) is 0.227. The van der Waals surface area contributed by atoms with Gasteiger partial charge in [0.1, 0.15) is 11.4 Å². The number of aromatic nitrogens is 2. The van der Waals surface area contributed by atoms with Gasteiger partial charge in [0, 0.05) is 11.3 Å². The molecule has 0 spiro atoms. The number of anilines is 1. The van der Waals surface area contributed by atoms with E-state index < -0.39 is 17.8 Å². The van der Waals surface area contributed by atoms with Gasteiger partial charge in [0.15, 0.2) is 16.7 Å². The molecule has 0 saturated heterocycles. The molecule has 33 heavy (non-hydrogen) atoms. The zero-order valence-electron chi connectivity index (χ0n) is 17.9. The third kappa shape index (κ3) is 6.28. The number of carbonyl (C=O) groups excluding carboxylic acids is 1. The molecule has 1 N–H and O–H groups in total. The van der Waals surface area contributed by atoms with Crippen LogP contribution < -0.4 is 19.5 Å². The van der Waals surface area contributed by atoms with Crippen molar-refractivity contribution in [2.45, 2.75) is 11.3 Å². The molecule has 1 amide bonds. The summed E-state index contributed by atoms with van der Waals surface area (Å²) in [5.41, 5.74) is -0.167. The summed E-state index contributed by atoms with van der Waals surface area (Å²) in [6.07, 6.45) is -4.69. The Morgan fingerprint density at radius 3 is 2.24 bits per heavy atom.